The molecule has 0 bridgehead atoms. The summed E-state index contributed by atoms with van der Waals surface area (Å²) in [4.78, 5) is 10.8. The lowest BCUT2D eigenvalue weighted by Gasteiger charge is -2.07. The van der Waals surface area contributed by atoms with Crippen LogP contribution in [0, 0.1) is 5.92 Å². The summed E-state index contributed by atoms with van der Waals surface area (Å²) < 4.78 is 0. The van der Waals surface area contributed by atoms with Crippen LogP contribution >= 0.6 is 0 Å². The molecule has 4 heteroatoms. The topological polar surface area (TPSA) is 66.0 Å². The summed E-state index contributed by atoms with van der Waals surface area (Å²) in [5, 5.41) is 16.3. The summed E-state index contributed by atoms with van der Waals surface area (Å²) >= 11 is 0. The van der Waals surface area contributed by atoms with E-state index in [2.05, 4.69) is 17.1 Å². The Labute approximate surface area is 82.0 Å². The molecule has 1 aliphatic carbocycles. The fraction of sp³-hybridized carbons (Fsp3) is 0.600. The molecule has 0 aliphatic heterocycles. The van der Waals surface area contributed by atoms with Crippen LogP contribution < -0.4 is 5.56 Å². The van der Waals surface area contributed by atoms with Crippen LogP contribution in [0.3, 0.4) is 0 Å². The van der Waals surface area contributed by atoms with Crippen molar-refractivity contribution in [1.82, 2.24) is 10.2 Å². The number of aromatic amines is 1. The van der Waals surface area contributed by atoms with Gasteiger partial charge in [-0.25, -0.2) is 5.10 Å². The maximum atomic E-state index is 10.8. The second-order valence-corrected chi connectivity index (χ2v) is 3.92. The van der Waals surface area contributed by atoms with Crippen molar-refractivity contribution in [2.75, 3.05) is 0 Å². The lowest BCUT2D eigenvalue weighted by atomic mass is 10.1. The van der Waals surface area contributed by atoms with Gasteiger partial charge in [0.2, 0.25) is 0 Å². The molecule has 0 saturated heterocycles. The first-order chi connectivity index (χ1) is 6.66. The molecule has 1 heterocycles. The summed E-state index contributed by atoms with van der Waals surface area (Å²) in [5.41, 5.74) is -0.416. The van der Waals surface area contributed by atoms with Gasteiger partial charge in [-0.2, -0.15) is 5.10 Å². The number of aromatic nitrogens is 2. The van der Waals surface area contributed by atoms with Gasteiger partial charge in [-0.3, -0.25) is 4.79 Å². The number of hydrogen-bond acceptors (Lipinski definition) is 3. The van der Waals surface area contributed by atoms with Crippen molar-refractivity contribution in [1.29, 1.82) is 0 Å². The molecule has 14 heavy (non-hydrogen) atoms. The van der Waals surface area contributed by atoms with Crippen molar-refractivity contribution in [2.45, 2.75) is 31.8 Å². The van der Waals surface area contributed by atoms with Crippen LogP contribution in [-0.2, 0) is 5.60 Å². The molecule has 2 rings (SSSR count). The van der Waals surface area contributed by atoms with E-state index in [9.17, 15) is 9.90 Å². The van der Waals surface area contributed by atoms with Gasteiger partial charge < -0.3 is 5.11 Å². The number of nitrogens with zero attached hydrogens (tertiary/aromatic N) is 1. The highest BCUT2D eigenvalue weighted by molar-refractivity contribution is 5.20. The van der Waals surface area contributed by atoms with Crippen LogP contribution in [0.1, 0.15) is 31.9 Å². The van der Waals surface area contributed by atoms with E-state index in [0.717, 1.165) is 19.3 Å². The van der Waals surface area contributed by atoms with E-state index in [0.29, 0.717) is 11.6 Å². The Morgan fingerprint density at radius 2 is 2.50 bits per heavy atom. The molecule has 0 aromatic carbocycles. The van der Waals surface area contributed by atoms with Gasteiger partial charge >= 0.3 is 0 Å². The van der Waals surface area contributed by atoms with Crippen LogP contribution in [0.4, 0.5) is 0 Å². The fourth-order valence-electron chi connectivity index (χ4n) is 1.91. The number of rotatable bonds is 3. The zero-order valence-electron chi connectivity index (χ0n) is 8.16. The molecule has 1 saturated carbocycles. The molecule has 2 N–H and O–H groups in total. The lowest BCUT2D eigenvalue weighted by Crippen LogP contribution is -2.16. The average Bonchev–Trinajstić information content (AvgIpc) is 2.80. The maximum absolute atomic E-state index is 10.8. The Kier molecular flexibility index (Phi) is 2.15. The number of H-pyrrole nitrogens is 1. The van der Waals surface area contributed by atoms with Gasteiger partial charge in [-0.1, -0.05) is 13.3 Å². The van der Waals surface area contributed by atoms with Crippen molar-refractivity contribution < 1.29 is 5.11 Å². The van der Waals surface area contributed by atoms with Crippen LogP contribution in [0.2, 0.25) is 0 Å². The molecule has 2 unspecified atom stereocenters. The standard InChI is InChI=1S/C10H14N2O2/c1-2-3-7-6-10(7,14)8-4-5-9(13)12-11-8/h4-5,7,14H,2-3,6H2,1H3,(H,12,13). The normalized spacial score (nSPS) is 30.3. The highest BCUT2D eigenvalue weighted by atomic mass is 16.3. The zero-order valence-corrected chi connectivity index (χ0v) is 8.16. The molecule has 1 aliphatic rings. The number of aliphatic hydroxyl groups is 1. The van der Waals surface area contributed by atoms with Crippen LogP contribution in [0.25, 0.3) is 0 Å². The summed E-state index contributed by atoms with van der Waals surface area (Å²) in [7, 11) is 0. The quantitative estimate of drug-likeness (QED) is 0.747. The predicted molar refractivity (Wildman–Crippen MR) is 51.8 cm³/mol. The van der Waals surface area contributed by atoms with Gasteiger partial charge in [0, 0.05) is 6.07 Å². The van der Waals surface area contributed by atoms with Crippen molar-refractivity contribution >= 4 is 0 Å². The van der Waals surface area contributed by atoms with E-state index < -0.39 is 5.60 Å². The average molecular weight is 194 g/mol. The van der Waals surface area contributed by atoms with E-state index in [1.807, 2.05) is 0 Å². The highest BCUT2D eigenvalue weighted by Crippen LogP contribution is 2.53. The Morgan fingerprint density at radius 1 is 1.71 bits per heavy atom. The van der Waals surface area contributed by atoms with Crippen molar-refractivity contribution in [3.8, 4) is 0 Å². The van der Waals surface area contributed by atoms with Crippen LogP contribution in [0.15, 0.2) is 16.9 Å². The molecular weight excluding hydrogens is 180 g/mol. The molecule has 0 radical (unpaired) electrons. The molecule has 1 aromatic rings. The molecule has 0 spiro atoms. The van der Waals surface area contributed by atoms with E-state index in [1.54, 1.807) is 6.07 Å². The molecule has 76 valence electrons. The third-order valence-corrected chi connectivity index (χ3v) is 2.83. The van der Waals surface area contributed by atoms with Gasteiger partial charge in [-0.15, -0.1) is 0 Å². The Bertz CT molecular complexity index is 367. The van der Waals surface area contributed by atoms with E-state index in [4.69, 9.17) is 0 Å². The maximum Gasteiger partial charge on any atom is 0.264 e. The molecule has 0 amide bonds. The Hall–Kier alpha value is -1.16. The van der Waals surface area contributed by atoms with Gasteiger partial charge in [0.25, 0.3) is 5.56 Å². The minimum atomic E-state index is -0.778. The Balaban J connectivity index is 2.17. The molecule has 2 atom stereocenters. The summed E-state index contributed by atoms with van der Waals surface area (Å²) in [6.07, 6.45) is 2.84. The monoisotopic (exact) mass is 194 g/mol. The minimum absolute atomic E-state index is 0.231. The Morgan fingerprint density at radius 3 is 3.07 bits per heavy atom. The van der Waals surface area contributed by atoms with Crippen molar-refractivity contribution in [3.05, 3.63) is 28.2 Å². The lowest BCUT2D eigenvalue weighted by molar-refractivity contribution is 0.123. The van der Waals surface area contributed by atoms with Crippen LogP contribution in [-0.4, -0.2) is 15.3 Å². The molecular formula is C10H14N2O2. The molecule has 4 nitrogen and oxygen atoms in total. The van der Waals surface area contributed by atoms with Gasteiger partial charge in [-0.05, 0) is 24.8 Å². The largest absolute Gasteiger partial charge is 0.383 e. The zero-order chi connectivity index (χ0) is 10.2. The smallest absolute Gasteiger partial charge is 0.264 e. The van der Waals surface area contributed by atoms with E-state index in [-0.39, 0.29) is 5.56 Å². The van der Waals surface area contributed by atoms with E-state index in [1.165, 1.54) is 6.07 Å². The number of hydrogen-bond donors (Lipinski definition) is 2. The first-order valence-corrected chi connectivity index (χ1v) is 4.95. The highest BCUT2D eigenvalue weighted by Gasteiger charge is 2.54. The SMILES string of the molecule is CCCC1CC1(O)c1ccc(=O)[nH]n1. The summed E-state index contributed by atoms with van der Waals surface area (Å²) in [6.45, 7) is 2.10. The van der Waals surface area contributed by atoms with Crippen LogP contribution in [0.5, 0.6) is 0 Å². The molecule has 1 aromatic heterocycles. The third kappa shape index (κ3) is 1.46. The van der Waals surface area contributed by atoms with Gasteiger partial charge in [0.15, 0.2) is 0 Å². The van der Waals surface area contributed by atoms with Gasteiger partial charge in [0.05, 0.1) is 5.69 Å². The van der Waals surface area contributed by atoms with Crippen molar-refractivity contribution in [2.24, 2.45) is 5.92 Å². The van der Waals surface area contributed by atoms with Gasteiger partial charge in [0.1, 0.15) is 5.60 Å². The summed E-state index contributed by atoms with van der Waals surface area (Å²) in [5.74, 6) is 0.311. The summed E-state index contributed by atoms with van der Waals surface area (Å²) in [6, 6.07) is 3.01. The minimum Gasteiger partial charge on any atom is -0.383 e. The first kappa shape index (κ1) is 9.40. The van der Waals surface area contributed by atoms with Crippen molar-refractivity contribution in [3.63, 3.8) is 0 Å². The fourth-order valence-corrected chi connectivity index (χ4v) is 1.91. The predicted octanol–water partition coefficient (Wildman–Crippen LogP) is 0.777. The van der Waals surface area contributed by atoms with E-state index >= 15 is 0 Å². The third-order valence-electron chi connectivity index (χ3n) is 2.83. The first-order valence-electron chi connectivity index (χ1n) is 4.95. The second-order valence-electron chi connectivity index (χ2n) is 3.92. The number of nitrogens with one attached hydrogen (secondary N) is 1. The molecule has 1 fully saturated rings. The second kappa shape index (κ2) is 3.20.